The number of H-pyrrole nitrogens is 1. The smallest absolute Gasteiger partial charge is 0.255 e. The van der Waals surface area contributed by atoms with Crippen LogP contribution >= 0.6 is 0 Å². The molecule has 0 aromatic carbocycles. The Bertz CT molecular complexity index is 246. The van der Waals surface area contributed by atoms with Crippen LogP contribution < -0.4 is 11.3 Å². The minimum atomic E-state index is -0.865. The first kappa shape index (κ1) is 5.74. The second-order valence-electron chi connectivity index (χ2n) is 1.45. The standard InChI is InChI=1S/C4H4FN3O/c5-2-1-3(9)8-4(6)7-2/h1H,(H3,6,7,8,9). The summed E-state index contributed by atoms with van der Waals surface area (Å²) < 4.78 is 12.0. The molecule has 1 aromatic rings. The number of nitrogens with zero attached hydrogens (tertiary/aromatic N) is 1. The molecule has 0 spiro atoms. The number of nitrogens with one attached hydrogen (secondary N) is 1. The maximum atomic E-state index is 12.0. The van der Waals surface area contributed by atoms with Gasteiger partial charge in [-0.05, 0) is 0 Å². The van der Waals surface area contributed by atoms with Crippen LogP contribution in [0.5, 0.6) is 0 Å². The van der Waals surface area contributed by atoms with Crippen LogP contribution in [-0.2, 0) is 0 Å². The molecule has 0 fully saturated rings. The zero-order valence-electron chi connectivity index (χ0n) is 4.39. The van der Waals surface area contributed by atoms with Crippen LogP contribution in [0.4, 0.5) is 10.3 Å². The van der Waals surface area contributed by atoms with E-state index in [1.165, 1.54) is 0 Å². The number of anilines is 1. The fourth-order valence-electron chi connectivity index (χ4n) is 0.446. The minimum Gasteiger partial charge on any atom is -0.369 e. The summed E-state index contributed by atoms with van der Waals surface area (Å²) in [5.74, 6) is -1.07. The van der Waals surface area contributed by atoms with Gasteiger partial charge in [0.25, 0.3) is 5.56 Å². The number of hydrogen-bond acceptors (Lipinski definition) is 3. The minimum absolute atomic E-state index is 0.208. The fraction of sp³-hybridized carbons (Fsp3) is 0. The number of halogens is 1. The first-order chi connectivity index (χ1) is 4.18. The maximum Gasteiger partial charge on any atom is 0.255 e. The highest BCUT2D eigenvalue weighted by molar-refractivity contribution is 5.12. The molecule has 3 N–H and O–H groups in total. The van der Waals surface area contributed by atoms with Crippen molar-refractivity contribution in [2.75, 3.05) is 5.73 Å². The van der Waals surface area contributed by atoms with Gasteiger partial charge >= 0.3 is 0 Å². The molecule has 0 aliphatic heterocycles. The van der Waals surface area contributed by atoms with Crippen molar-refractivity contribution in [3.63, 3.8) is 0 Å². The lowest BCUT2D eigenvalue weighted by Gasteiger charge is -1.87. The molecule has 5 heteroatoms. The van der Waals surface area contributed by atoms with E-state index in [0.717, 1.165) is 6.07 Å². The lowest BCUT2D eigenvalue weighted by Crippen LogP contribution is -2.10. The fourth-order valence-corrected chi connectivity index (χ4v) is 0.446. The van der Waals surface area contributed by atoms with Gasteiger partial charge in [-0.2, -0.15) is 9.37 Å². The van der Waals surface area contributed by atoms with Crippen molar-refractivity contribution in [1.82, 2.24) is 9.97 Å². The van der Waals surface area contributed by atoms with Gasteiger partial charge in [-0.15, -0.1) is 0 Å². The molecule has 0 saturated carbocycles. The molecular formula is C4H4FN3O. The highest BCUT2D eigenvalue weighted by atomic mass is 19.1. The second kappa shape index (κ2) is 1.85. The monoisotopic (exact) mass is 129 g/mol. The summed E-state index contributed by atoms with van der Waals surface area (Å²) in [7, 11) is 0. The number of aromatic amines is 1. The molecule has 9 heavy (non-hydrogen) atoms. The summed E-state index contributed by atoms with van der Waals surface area (Å²) in [6, 6.07) is 0.719. The highest BCUT2D eigenvalue weighted by Gasteiger charge is 1.92. The van der Waals surface area contributed by atoms with Crippen LogP contribution in [0, 0.1) is 5.95 Å². The Morgan fingerprint density at radius 1 is 1.78 bits per heavy atom. The predicted octanol–water partition coefficient (Wildman–Crippen LogP) is -0.509. The predicted molar refractivity (Wildman–Crippen MR) is 29.2 cm³/mol. The Morgan fingerprint density at radius 2 is 2.44 bits per heavy atom. The summed E-state index contributed by atoms with van der Waals surface area (Å²) >= 11 is 0. The second-order valence-corrected chi connectivity index (χ2v) is 1.45. The van der Waals surface area contributed by atoms with Gasteiger partial charge in [0.1, 0.15) is 0 Å². The molecule has 0 atom stereocenters. The number of hydrogen-bond donors (Lipinski definition) is 2. The summed E-state index contributed by atoms with van der Waals surface area (Å²) in [5, 5.41) is 0. The van der Waals surface area contributed by atoms with Crippen molar-refractivity contribution >= 4 is 5.95 Å². The average Bonchev–Trinajstić information content (AvgIpc) is 1.59. The van der Waals surface area contributed by atoms with E-state index in [9.17, 15) is 9.18 Å². The van der Waals surface area contributed by atoms with Crippen LogP contribution in [0.1, 0.15) is 0 Å². The molecule has 1 rings (SSSR count). The molecule has 0 aliphatic carbocycles. The van der Waals surface area contributed by atoms with Crippen molar-refractivity contribution in [1.29, 1.82) is 0 Å². The number of aromatic nitrogens is 2. The largest absolute Gasteiger partial charge is 0.369 e. The zero-order valence-corrected chi connectivity index (χ0v) is 4.39. The third kappa shape index (κ3) is 1.25. The van der Waals surface area contributed by atoms with Crippen LogP contribution in [0.3, 0.4) is 0 Å². The van der Waals surface area contributed by atoms with Crippen molar-refractivity contribution in [3.05, 3.63) is 22.4 Å². The van der Waals surface area contributed by atoms with Crippen molar-refractivity contribution < 1.29 is 4.39 Å². The van der Waals surface area contributed by atoms with Crippen molar-refractivity contribution in [3.8, 4) is 0 Å². The molecule has 0 saturated heterocycles. The van der Waals surface area contributed by atoms with Crippen LogP contribution in [0.2, 0.25) is 0 Å². The number of nitrogens with two attached hydrogens (primary N) is 1. The summed E-state index contributed by atoms with van der Waals surface area (Å²) in [6.07, 6.45) is 0. The van der Waals surface area contributed by atoms with E-state index >= 15 is 0 Å². The molecule has 1 heterocycles. The van der Waals surface area contributed by atoms with Crippen molar-refractivity contribution in [2.45, 2.75) is 0 Å². The summed E-state index contributed by atoms with van der Waals surface area (Å²) in [5.41, 5.74) is 4.37. The van der Waals surface area contributed by atoms with Gasteiger partial charge in [0, 0.05) is 0 Å². The van der Waals surface area contributed by atoms with E-state index in [0.29, 0.717) is 0 Å². The first-order valence-electron chi connectivity index (χ1n) is 2.21. The quantitative estimate of drug-likeness (QED) is 0.463. The average molecular weight is 129 g/mol. The van der Waals surface area contributed by atoms with E-state index in [2.05, 4.69) is 9.97 Å². The third-order valence-corrected chi connectivity index (χ3v) is 0.729. The van der Waals surface area contributed by atoms with E-state index in [1.54, 1.807) is 0 Å². The van der Waals surface area contributed by atoms with E-state index in [4.69, 9.17) is 5.73 Å². The molecule has 0 unspecified atom stereocenters. The third-order valence-electron chi connectivity index (χ3n) is 0.729. The van der Waals surface area contributed by atoms with Crippen molar-refractivity contribution in [2.24, 2.45) is 0 Å². The van der Waals surface area contributed by atoms with E-state index in [1.807, 2.05) is 0 Å². The van der Waals surface area contributed by atoms with Gasteiger partial charge < -0.3 is 5.73 Å². The van der Waals surface area contributed by atoms with E-state index in [-0.39, 0.29) is 5.95 Å². The van der Waals surface area contributed by atoms with Gasteiger partial charge in [-0.1, -0.05) is 0 Å². The summed E-state index contributed by atoms with van der Waals surface area (Å²) in [4.78, 5) is 15.5. The van der Waals surface area contributed by atoms with Crippen LogP contribution in [0.15, 0.2) is 10.9 Å². The lowest BCUT2D eigenvalue weighted by molar-refractivity contribution is 0.580. The maximum absolute atomic E-state index is 12.0. The Balaban J connectivity index is 3.33. The van der Waals surface area contributed by atoms with Gasteiger partial charge in [0.15, 0.2) is 0 Å². The van der Waals surface area contributed by atoms with E-state index < -0.39 is 11.5 Å². The molecule has 0 bridgehead atoms. The summed E-state index contributed by atoms with van der Waals surface area (Å²) in [6.45, 7) is 0. The molecule has 0 aliphatic rings. The molecule has 4 nitrogen and oxygen atoms in total. The Kier molecular flexibility index (Phi) is 1.18. The molecule has 0 radical (unpaired) electrons. The van der Waals surface area contributed by atoms with Gasteiger partial charge in [-0.3, -0.25) is 9.78 Å². The Hall–Kier alpha value is -1.39. The first-order valence-corrected chi connectivity index (χ1v) is 2.21. The number of nitrogen functional groups attached to an aromatic ring is 1. The Labute approximate surface area is 49.5 Å². The van der Waals surface area contributed by atoms with Gasteiger partial charge in [-0.25, -0.2) is 0 Å². The zero-order chi connectivity index (χ0) is 6.85. The van der Waals surface area contributed by atoms with Gasteiger partial charge in [0.05, 0.1) is 6.07 Å². The lowest BCUT2D eigenvalue weighted by atomic mass is 10.6. The normalized spacial score (nSPS) is 9.44. The van der Waals surface area contributed by atoms with Gasteiger partial charge in [0.2, 0.25) is 11.9 Å². The van der Waals surface area contributed by atoms with Crippen LogP contribution in [0.25, 0.3) is 0 Å². The van der Waals surface area contributed by atoms with Crippen LogP contribution in [-0.4, -0.2) is 9.97 Å². The Morgan fingerprint density at radius 3 is 2.89 bits per heavy atom. The highest BCUT2D eigenvalue weighted by Crippen LogP contribution is 1.86. The molecule has 48 valence electrons. The number of rotatable bonds is 0. The SMILES string of the molecule is Nc1nc(F)cc(=O)[nH]1. The molecular weight excluding hydrogens is 125 g/mol. The molecule has 0 amide bonds. The molecule has 1 aromatic heterocycles. The topological polar surface area (TPSA) is 71.8 Å².